The van der Waals surface area contributed by atoms with Gasteiger partial charge in [0.1, 0.15) is 0 Å². The van der Waals surface area contributed by atoms with Crippen molar-refractivity contribution in [3.63, 3.8) is 0 Å². The van der Waals surface area contributed by atoms with Gasteiger partial charge in [0, 0.05) is 12.1 Å². The molecule has 0 fully saturated rings. The van der Waals surface area contributed by atoms with E-state index in [9.17, 15) is 10.1 Å². The number of hydrogen-bond donors (Lipinski definition) is 1. The van der Waals surface area contributed by atoms with Crippen molar-refractivity contribution in [1.29, 1.82) is 0 Å². The van der Waals surface area contributed by atoms with E-state index in [0.717, 1.165) is 11.1 Å². The van der Waals surface area contributed by atoms with Crippen molar-refractivity contribution in [2.45, 2.75) is 13.8 Å². The van der Waals surface area contributed by atoms with Crippen LogP contribution in [0, 0.1) is 24.0 Å². The zero-order chi connectivity index (χ0) is 14.5. The second-order valence-corrected chi connectivity index (χ2v) is 4.53. The van der Waals surface area contributed by atoms with Crippen molar-refractivity contribution in [1.82, 2.24) is 0 Å². The van der Waals surface area contributed by atoms with Crippen LogP contribution in [-0.4, -0.2) is 11.1 Å². The molecule has 1 N–H and O–H groups in total. The molecule has 5 heteroatoms. The fourth-order valence-electron chi connectivity index (χ4n) is 1.73. The highest BCUT2D eigenvalue weighted by molar-refractivity contribution is 5.82. The molecular weight excluding hydrogens is 254 g/mol. The van der Waals surface area contributed by atoms with Crippen LogP contribution in [0.1, 0.15) is 16.7 Å². The maximum Gasteiger partial charge on any atom is 0.269 e. The molecule has 0 radical (unpaired) electrons. The summed E-state index contributed by atoms with van der Waals surface area (Å²) in [7, 11) is 0. The third-order valence-electron chi connectivity index (χ3n) is 2.91. The van der Waals surface area contributed by atoms with E-state index in [1.165, 1.54) is 17.7 Å². The van der Waals surface area contributed by atoms with Gasteiger partial charge in [0.05, 0.1) is 16.8 Å². The third-order valence-corrected chi connectivity index (χ3v) is 2.91. The second-order valence-electron chi connectivity index (χ2n) is 4.53. The summed E-state index contributed by atoms with van der Waals surface area (Å²) in [6.07, 6.45) is 1.74. The lowest BCUT2D eigenvalue weighted by atomic mass is 10.1. The molecule has 102 valence electrons. The number of nitrogens with one attached hydrogen (secondary N) is 1. The number of anilines is 1. The Morgan fingerprint density at radius 1 is 1.15 bits per heavy atom. The second kappa shape index (κ2) is 5.97. The molecule has 0 aromatic heterocycles. The summed E-state index contributed by atoms with van der Waals surface area (Å²) in [4.78, 5) is 10.1. The first kappa shape index (κ1) is 13.7. The van der Waals surface area contributed by atoms with Gasteiger partial charge in [-0.15, -0.1) is 0 Å². The number of benzene rings is 2. The lowest BCUT2D eigenvalue weighted by Gasteiger charge is -2.02. The fraction of sp³-hybridized carbons (Fsp3) is 0.133. The maximum atomic E-state index is 10.5. The molecule has 0 atom stereocenters. The quantitative estimate of drug-likeness (QED) is 0.523. The van der Waals surface area contributed by atoms with Crippen LogP contribution in [0.25, 0.3) is 0 Å². The summed E-state index contributed by atoms with van der Waals surface area (Å²) in [5, 5.41) is 14.7. The molecule has 0 aliphatic rings. The summed E-state index contributed by atoms with van der Waals surface area (Å²) in [6, 6.07) is 12.3. The summed E-state index contributed by atoms with van der Waals surface area (Å²) < 4.78 is 0. The van der Waals surface area contributed by atoms with Crippen LogP contribution in [0.15, 0.2) is 47.6 Å². The summed E-state index contributed by atoms with van der Waals surface area (Å²) in [5.74, 6) is 0. The van der Waals surface area contributed by atoms with Gasteiger partial charge in [0.25, 0.3) is 5.69 Å². The minimum Gasteiger partial charge on any atom is -0.278 e. The van der Waals surface area contributed by atoms with E-state index in [1.54, 1.807) is 18.3 Å². The van der Waals surface area contributed by atoms with Gasteiger partial charge in [-0.2, -0.15) is 5.10 Å². The van der Waals surface area contributed by atoms with E-state index in [4.69, 9.17) is 0 Å². The molecule has 0 heterocycles. The first-order chi connectivity index (χ1) is 9.56. The van der Waals surface area contributed by atoms with Gasteiger partial charge in [-0.1, -0.05) is 23.8 Å². The Bertz CT molecular complexity index is 649. The van der Waals surface area contributed by atoms with Crippen LogP contribution < -0.4 is 5.43 Å². The molecule has 0 spiro atoms. The standard InChI is InChI=1S/C15H15N3O2/c1-11-3-4-12(2)13(9-11)10-16-17-14-5-7-15(8-6-14)18(19)20/h3-10,17H,1-2H3. The van der Waals surface area contributed by atoms with Crippen LogP contribution in [0.3, 0.4) is 0 Å². The van der Waals surface area contributed by atoms with Gasteiger partial charge < -0.3 is 0 Å². The normalized spacial score (nSPS) is 10.7. The average molecular weight is 269 g/mol. The van der Waals surface area contributed by atoms with Gasteiger partial charge in [-0.05, 0) is 37.1 Å². The lowest BCUT2D eigenvalue weighted by Crippen LogP contribution is -1.94. The summed E-state index contributed by atoms with van der Waals surface area (Å²) in [5.41, 5.74) is 6.98. The van der Waals surface area contributed by atoms with Gasteiger partial charge in [-0.3, -0.25) is 15.5 Å². The van der Waals surface area contributed by atoms with Crippen LogP contribution in [0.5, 0.6) is 0 Å². The molecule has 5 nitrogen and oxygen atoms in total. The van der Waals surface area contributed by atoms with E-state index in [0.29, 0.717) is 5.69 Å². The maximum absolute atomic E-state index is 10.5. The number of non-ortho nitro benzene ring substituents is 1. The predicted molar refractivity (Wildman–Crippen MR) is 80.2 cm³/mol. The van der Waals surface area contributed by atoms with Crippen LogP contribution in [0.4, 0.5) is 11.4 Å². The Morgan fingerprint density at radius 2 is 1.85 bits per heavy atom. The Kier molecular flexibility index (Phi) is 4.10. The highest BCUT2D eigenvalue weighted by atomic mass is 16.6. The van der Waals surface area contributed by atoms with E-state index >= 15 is 0 Å². The Labute approximate surface area is 117 Å². The van der Waals surface area contributed by atoms with Crippen molar-refractivity contribution in [3.05, 3.63) is 69.3 Å². The largest absolute Gasteiger partial charge is 0.278 e. The highest BCUT2D eigenvalue weighted by Crippen LogP contribution is 2.15. The fourth-order valence-corrected chi connectivity index (χ4v) is 1.73. The summed E-state index contributed by atoms with van der Waals surface area (Å²) >= 11 is 0. The van der Waals surface area contributed by atoms with Crippen molar-refractivity contribution >= 4 is 17.6 Å². The smallest absolute Gasteiger partial charge is 0.269 e. The molecule has 2 rings (SSSR count). The molecular formula is C15H15N3O2. The molecule has 0 saturated carbocycles. The van der Waals surface area contributed by atoms with Gasteiger partial charge in [-0.25, -0.2) is 0 Å². The molecule has 0 saturated heterocycles. The number of nitro groups is 1. The Hall–Kier alpha value is -2.69. The summed E-state index contributed by atoms with van der Waals surface area (Å²) in [6.45, 7) is 4.05. The molecule has 0 aliphatic heterocycles. The first-order valence-electron chi connectivity index (χ1n) is 6.17. The van der Waals surface area contributed by atoms with Crippen molar-refractivity contribution in [3.8, 4) is 0 Å². The number of nitro benzene ring substituents is 1. The molecule has 2 aromatic carbocycles. The predicted octanol–water partition coefficient (Wildman–Crippen LogP) is 3.66. The Morgan fingerprint density at radius 3 is 2.50 bits per heavy atom. The minimum atomic E-state index is -0.427. The molecule has 20 heavy (non-hydrogen) atoms. The zero-order valence-electron chi connectivity index (χ0n) is 11.3. The number of nitrogens with zero attached hydrogens (tertiary/aromatic N) is 2. The minimum absolute atomic E-state index is 0.0639. The molecule has 0 aliphatic carbocycles. The van der Waals surface area contributed by atoms with E-state index in [1.807, 2.05) is 19.9 Å². The van der Waals surface area contributed by atoms with Crippen LogP contribution in [-0.2, 0) is 0 Å². The number of rotatable bonds is 4. The van der Waals surface area contributed by atoms with Gasteiger partial charge in [0.15, 0.2) is 0 Å². The number of aryl methyl sites for hydroxylation is 2. The average Bonchev–Trinajstić information content (AvgIpc) is 2.43. The molecule has 2 aromatic rings. The number of hydrazone groups is 1. The van der Waals surface area contributed by atoms with Crippen molar-refractivity contribution in [2.24, 2.45) is 5.10 Å². The van der Waals surface area contributed by atoms with Gasteiger partial charge >= 0.3 is 0 Å². The van der Waals surface area contributed by atoms with Crippen LogP contribution in [0.2, 0.25) is 0 Å². The monoisotopic (exact) mass is 269 g/mol. The van der Waals surface area contributed by atoms with E-state index in [-0.39, 0.29) is 5.69 Å². The van der Waals surface area contributed by atoms with Crippen LogP contribution >= 0.6 is 0 Å². The zero-order valence-corrected chi connectivity index (χ0v) is 11.3. The number of hydrogen-bond acceptors (Lipinski definition) is 4. The molecule has 0 bridgehead atoms. The van der Waals surface area contributed by atoms with Gasteiger partial charge in [0.2, 0.25) is 0 Å². The third kappa shape index (κ3) is 3.41. The molecule has 0 amide bonds. The Balaban J connectivity index is 2.06. The SMILES string of the molecule is Cc1ccc(C)c(C=NNc2ccc([N+](=O)[O-])cc2)c1. The lowest BCUT2D eigenvalue weighted by molar-refractivity contribution is -0.384. The van der Waals surface area contributed by atoms with E-state index < -0.39 is 4.92 Å². The molecule has 0 unspecified atom stereocenters. The van der Waals surface area contributed by atoms with E-state index in [2.05, 4.69) is 22.7 Å². The van der Waals surface area contributed by atoms with Crippen molar-refractivity contribution in [2.75, 3.05) is 5.43 Å². The highest BCUT2D eigenvalue weighted by Gasteiger charge is 2.02. The topological polar surface area (TPSA) is 67.5 Å². The first-order valence-corrected chi connectivity index (χ1v) is 6.17. The van der Waals surface area contributed by atoms with Crippen molar-refractivity contribution < 1.29 is 4.92 Å².